The molecule has 0 aliphatic rings. The van der Waals surface area contributed by atoms with Crippen LogP contribution in [0.3, 0.4) is 0 Å². The van der Waals surface area contributed by atoms with Gasteiger partial charge in [0.05, 0.1) is 0 Å². The van der Waals surface area contributed by atoms with Crippen LogP contribution in [0.1, 0.15) is 0 Å². The second-order valence-electron chi connectivity index (χ2n) is 11.9. The fourth-order valence-corrected chi connectivity index (χ4v) is 10.9. The Balaban J connectivity index is 0.991. The number of benzene rings is 7. The van der Waals surface area contributed by atoms with Crippen LogP contribution < -0.4 is 31.8 Å². The molecule has 0 radical (unpaired) electrons. The van der Waals surface area contributed by atoms with Crippen molar-refractivity contribution in [2.45, 2.75) is 0 Å². The van der Waals surface area contributed by atoms with Gasteiger partial charge in [0, 0.05) is 17.2 Å². The van der Waals surface area contributed by atoms with Crippen molar-refractivity contribution in [2.24, 2.45) is 0 Å². The van der Waals surface area contributed by atoms with Gasteiger partial charge in [-0.05, 0) is 78.0 Å². The summed E-state index contributed by atoms with van der Waals surface area (Å²) in [5, 5.41) is 7.82. The van der Waals surface area contributed by atoms with Crippen LogP contribution in [0.15, 0.2) is 191 Å². The van der Waals surface area contributed by atoms with E-state index in [2.05, 4.69) is 170 Å². The van der Waals surface area contributed by atoms with Crippen LogP contribution in [0.4, 0.5) is 0 Å². The Morgan fingerprint density at radius 2 is 0.620 bits per heavy atom. The monoisotopic (exact) mass is 680 g/mol. The first kappa shape index (κ1) is 30.4. The molecule has 2 heterocycles. The standard InChI is InChI=1S/C44H30N2O2P2/c1-5-13-33(14-6-1)49(34-15-7-2-8-16-34)37-25-21-31(22-26-37)43-45-39-29-40-42(30-41(39)47-43)48-44(46-40)32-23-27-38(28-24-32)50(35-17-9-3-10-18-35)36-19-11-4-12-20-36/h1-30H. The Kier molecular flexibility index (Phi) is 8.11. The molecule has 4 nitrogen and oxygen atoms in total. The Labute approximate surface area is 292 Å². The van der Waals surface area contributed by atoms with Gasteiger partial charge in [-0.25, -0.2) is 9.97 Å². The molecule has 2 aromatic heterocycles. The summed E-state index contributed by atoms with van der Waals surface area (Å²) < 4.78 is 12.6. The van der Waals surface area contributed by atoms with E-state index in [4.69, 9.17) is 18.8 Å². The first-order chi connectivity index (χ1) is 24.8. The number of aromatic nitrogens is 2. The van der Waals surface area contributed by atoms with Gasteiger partial charge in [-0.1, -0.05) is 146 Å². The highest BCUT2D eigenvalue weighted by molar-refractivity contribution is 7.80. The van der Waals surface area contributed by atoms with Crippen molar-refractivity contribution >= 4 is 69.9 Å². The molecule has 0 aliphatic carbocycles. The van der Waals surface area contributed by atoms with Gasteiger partial charge in [-0.15, -0.1) is 0 Å². The molecular weight excluding hydrogens is 650 g/mol. The maximum atomic E-state index is 6.28. The molecule has 0 saturated carbocycles. The van der Waals surface area contributed by atoms with Crippen LogP contribution in [0.25, 0.3) is 45.1 Å². The molecule has 238 valence electrons. The lowest BCUT2D eigenvalue weighted by atomic mass is 10.2. The molecule has 0 saturated heterocycles. The largest absolute Gasteiger partial charge is 0.436 e. The molecule has 0 atom stereocenters. The van der Waals surface area contributed by atoms with E-state index < -0.39 is 15.8 Å². The van der Waals surface area contributed by atoms with Crippen molar-refractivity contribution in [2.75, 3.05) is 0 Å². The van der Waals surface area contributed by atoms with Gasteiger partial charge in [0.1, 0.15) is 11.0 Å². The summed E-state index contributed by atoms with van der Waals surface area (Å²) in [6.45, 7) is 0. The van der Waals surface area contributed by atoms with E-state index in [9.17, 15) is 0 Å². The minimum atomic E-state index is -0.682. The fourth-order valence-electron chi connectivity index (χ4n) is 6.31. The summed E-state index contributed by atoms with van der Waals surface area (Å²) in [7, 11) is -1.36. The van der Waals surface area contributed by atoms with E-state index in [0.29, 0.717) is 22.9 Å². The van der Waals surface area contributed by atoms with Crippen molar-refractivity contribution < 1.29 is 8.83 Å². The van der Waals surface area contributed by atoms with Crippen LogP contribution in [0.5, 0.6) is 0 Å². The highest BCUT2D eigenvalue weighted by atomic mass is 31.1. The number of hydrogen-bond donors (Lipinski definition) is 0. The molecule has 0 spiro atoms. The van der Waals surface area contributed by atoms with E-state index in [0.717, 1.165) is 22.2 Å². The minimum Gasteiger partial charge on any atom is -0.436 e. The zero-order valence-electron chi connectivity index (χ0n) is 26.9. The quantitative estimate of drug-likeness (QED) is 0.151. The molecule has 0 unspecified atom stereocenters. The van der Waals surface area contributed by atoms with Crippen molar-refractivity contribution in [3.8, 4) is 22.9 Å². The topological polar surface area (TPSA) is 52.1 Å². The molecule has 7 aromatic carbocycles. The highest BCUT2D eigenvalue weighted by Gasteiger charge is 2.19. The second-order valence-corrected chi connectivity index (χ2v) is 16.4. The molecule has 0 N–H and O–H groups in total. The first-order valence-electron chi connectivity index (χ1n) is 16.5. The number of hydrogen-bond acceptors (Lipinski definition) is 4. The van der Waals surface area contributed by atoms with Crippen molar-refractivity contribution in [3.63, 3.8) is 0 Å². The Bertz CT molecular complexity index is 2210. The molecular formula is C44H30N2O2P2. The first-order valence-corrected chi connectivity index (χ1v) is 19.2. The normalized spacial score (nSPS) is 11.6. The van der Waals surface area contributed by atoms with Gasteiger partial charge in [-0.2, -0.15) is 0 Å². The second kappa shape index (κ2) is 13.3. The summed E-state index contributed by atoms with van der Waals surface area (Å²) >= 11 is 0. The lowest BCUT2D eigenvalue weighted by Crippen LogP contribution is -2.20. The SMILES string of the molecule is c1ccc(P(c2ccccc2)c2ccc(-c3nc4cc5nc(-c6ccc(P(c7ccccc7)c7ccccc7)cc6)oc5cc4o3)cc2)cc1. The van der Waals surface area contributed by atoms with Crippen LogP contribution >= 0.6 is 15.8 Å². The van der Waals surface area contributed by atoms with Crippen LogP contribution in [-0.4, -0.2) is 9.97 Å². The zero-order chi connectivity index (χ0) is 33.3. The van der Waals surface area contributed by atoms with Gasteiger partial charge >= 0.3 is 0 Å². The maximum Gasteiger partial charge on any atom is 0.227 e. The average molecular weight is 681 g/mol. The third kappa shape index (κ3) is 5.94. The predicted octanol–water partition coefficient (Wildman–Crippen LogP) is 8.82. The van der Waals surface area contributed by atoms with E-state index in [1.807, 2.05) is 12.1 Å². The minimum absolute atomic E-state index is 0.576. The Hall–Kier alpha value is -5.66. The maximum absolute atomic E-state index is 6.28. The van der Waals surface area contributed by atoms with Crippen molar-refractivity contribution in [1.82, 2.24) is 9.97 Å². The van der Waals surface area contributed by atoms with E-state index >= 15 is 0 Å². The van der Waals surface area contributed by atoms with Crippen LogP contribution in [0, 0.1) is 0 Å². The van der Waals surface area contributed by atoms with Gasteiger partial charge in [0.25, 0.3) is 0 Å². The average Bonchev–Trinajstić information content (AvgIpc) is 3.80. The number of rotatable bonds is 8. The van der Waals surface area contributed by atoms with Crippen molar-refractivity contribution in [3.05, 3.63) is 182 Å². The molecule has 9 aromatic rings. The number of fused-ring (bicyclic) bond motifs is 2. The summed E-state index contributed by atoms with van der Waals surface area (Å²) in [6.07, 6.45) is 0. The number of nitrogens with zero attached hydrogens (tertiary/aromatic N) is 2. The molecule has 6 heteroatoms. The Morgan fingerprint density at radius 3 is 0.940 bits per heavy atom. The third-order valence-electron chi connectivity index (χ3n) is 8.70. The summed E-state index contributed by atoms with van der Waals surface area (Å²) in [5.74, 6) is 1.15. The van der Waals surface area contributed by atoms with E-state index in [-0.39, 0.29) is 0 Å². The van der Waals surface area contributed by atoms with Gasteiger partial charge < -0.3 is 8.83 Å². The third-order valence-corrected chi connectivity index (χ3v) is 13.6. The summed E-state index contributed by atoms with van der Waals surface area (Å²) in [6, 6.07) is 63.9. The van der Waals surface area contributed by atoms with Crippen LogP contribution in [-0.2, 0) is 0 Å². The van der Waals surface area contributed by atoms with Gasteiger partial charge in [0.15, 0.2) is 11.2 Å². The van der Waals surface area contributed by atoms with E-state index in [1.165, 1.54) is 31.8 Å². The smallest absolute Gasteiger partial charge is 0.227 e. The molecule has 0 bridgehead atoms. The molecule has 0 fully saturated rings. The zero-order valence-corrected chi connectivity index (χ0v) is 28.7. The fraction of sp³-hybridized carbons (Fsp3) is 0. The predicted molar refractivity (Wildman–Crippen MR) is 210 cm³/mol. The highest BCUT2D eigenvalue weighted by Crippen LogP contribution is 2.36. The summed E-state index contributed by atoms with van der Waals surface area (Å²) in [5.41, 5.74) is 4.69. The summed E-state index contributed by atoms with van der Waals surface area (Å²) in [4.78, 5) is 9.71. The van der Waals surface area contributed by atoms with Gasteiger partial charge in [0.2, 0.25) is 11.8 Å². The molecule has 9 rings (SSSR count). The molecule has 0 aliphatic heterocycles. The molecule has 50 heavy (non-hydrogen) atoms. The molecule has 0 amide bonds. The lowest BCUT2D eigenvalue weighted by Gasteiger charge is -2.19. The van der Waals surface area contributed by atoms with E-state index in [1.54, 1.807) is 0 Å². The van der Waals surface area contributed by atoms with Crippen LogP contribution in [0.2, 0.25) is 0 Å². The van der Waals surface area contributed by atoms with Crippen molar-refractivity contribution in [1.29, 1.82) is 0 Å². The van der Waals surface area contributed by atoms with Gasteiger partial charge in [-0.3, -0.25) is 0 Å². The number of oxazole rings is 2. The Morgan fingerprint density at radius 1 is 0.320 bits per heavy atom. The lowest BCUT2D eigenvalue weighted by molar-refractivity contribution is 0.609.